The molecule has 0 spiro atoms. The summed E-state index contributed by atoms with van der Waals surface area (Å²) >= 11 is 3.51. The number of nitrogens with zero attached hydrogens (tertiary/aromatic N) is 1. The van der Waals surface area contributed by atoms with Crippen molar-refractivity contribution in [3.63, 3.8) is 0 Å². The second-order valence-electron chi connectivity index (χ2n) is 5.74. The van der Waals surface area contributed by atoms with Crippen molar-refractivity contribution in [1.82, 2.24) is 4.90 Å². The average molecular weight is 338 g/mol. The number of morpholine rings is 1. The molecule has 3 nitrogen and oxygen atoms in total. The van der Waals surface area contributed by atoms with Crippen LogP contribution >= 0.6 is 15.9 Å². The van der Waals surface area contributed by atoms with E-state index in [-0.39, 0.29) is 18.1 Å². The number of fused-ring (bicyclic) bond motifs is 1. The van der Waals surface area contributed by atoms with Crippen LogP contribution in [0.1, 0.15) is 41.6 Å². The van der Waals surface area contributed by atoms with Crippen molar-refractivity contribution in [3.05, 3.63) is 33.8 Å². The van der Waals surface area contributed by atoms with Gasteiger partial charge in [0, 0.05) is 11.0 Å². The van der Waals surface area contributed by atoms with Gasteiger partial charge in [0.1, 0.15) is 0 Å². The number of ether oxygens (including phenoxy) is 1. The highest BCUT2D eigenvalue weighted by atomic mass is 79.9. The van der Waals surface area contributed by atoms with Crippen molar-refractivity contribution in [2.45, 2.75) is 44.8 Å². The van der Waals surface area contributed by atoms with Gasteiger partial charge in [-0.3, -0.25) is 4.79 Å². The fraction of sp³-hybridized carbons (Fsp3) is 0.562. The molecule has 1 amide bonds. The zero-order valence-corrected chi connectivity index (χ0v) is 13.4. The van der Waals surface area contributed by atoms with E-state index in [0.717, 1.165) is 28.4 Å². The number of halogens is 1. The molecule has 1 saturated carbocycles. The van der Waals surface area contributed by atoms with Crippen LogP contribution in [0, 0.1) is 6.92 Å². The van der Waals surface area contributed by atoms with Gasteiger partial charge in [-0.1, -0.05) is 24.5 Å². The van der Waals surface area contributed by atoms with E-state index < -0.39 is 0 Å². The SMILES string of the molecule is Cc1ccc(Br)c(C(=O)N2CCOC3CCCCC32)c1. The molecule has 20 heavy (non-hydrogen) atoms. The summed E-state index contributed by atoms with van der Waals surface area (Å²) in [6.07, 6.45) is 4.81. The summed E-state index contributed by atoms with van der Waals surface area (Å²) in [5.74, 6) is 0.140. The number of aryl methyl sites for hydroxylation is 1. The van der Waals surface area contributed by atoms with Crippen molar-refractivity contribution in [2.24, 2.45) is 0 Å². The Labute approximate surface area is 128 Å². The molecule has 2 aliphatic rings. The molecule has 2 atom stereocenters. The Hall–Kier alpha value is -0.870. The van der Waals surface area contributed by atoms with E-state index in [2.05, 4.69) is 15.9 Å². The Morgan fingerprint density at radius 1 is 1.35 bits per heavy atom. The van der Waals surface area contributed by atoms with Crippen LogP contribution in [-0.4, -0.2) is 36.1 Å². The van der Waals surface area contributed by atoms with E-state index in [4.69, 9.17) is 4.74 Å². The summed E-state index contributed by atoms with van der Waals surface area (Å²) in [6.45, 7) is 3.39. The summed E-state index contributed by atoms with van der Waals surface area (Å²) < 4.78 is 6.73. The number of carbonyl (C=O) groups excluding carboxylic acids is 1. The first-order valence-electron chi connectivity index (χ1n) is 7.35. The topological polar surface area (TPSA) is 29.5 Å². The van der Waals surface area contributed by atoms with Crippen molar-refractivity contribution in [1.29, 1.82) is 0 Å². The summed E-state index contributed by atoms with van der Waals surface area (Å²) in [5.41, 5.74) is 1.89. The lowest BCUT2D eigenvalue weighted by atomic mass is 9.89. The van der Waals surface area contributed by atoms with Gasteiger partial charge in [-0.05, 0) is 47.8 Å². The van der Waals surface area contributed by atoms with Crippen LogP contribution in [0.15, 0.2) is 22.7 Å². The van der Waals surface area contributed by atoms with E-state index >= 15 is 0 Å². The van der Waals surface area contributed by atoms with Crippen LogP contribution in [0.4, 0.5) is 0 Å². The summed E-state index contributed by atoms with van der Waals surface area (Å²) in [6, 6.07) is 6.21. The zero-order chi connectivity index (χ0) is 14.1. The van der Waals surface area contributed by atoms with Gasteiger partial charge in [-0.15, -0.1) is 0 Å². The van der Waals surface area contributed by atoms with Crippen molar-refractivity contribution in [3.8, 4) is 0 Å². The number of hydrogen-bond donors (Lipinski definition) is 0. The molecule has 4 heteroatoms. The molecule has 0 aromatic heterocycles. The molecular weight excluding hydrogens is 318 g/mol. The van der Waals surface area contributed by atoms with E-state index in [0.29, 0.717) is 13.2 Å². The molecule has 108 valence electrons. The largest absolute Gasteiger partial charge is 0.374 e. The third-order valence-corrected chi connectivity index (χ3v) is 5.04. The van der Waals surface area contributed by atoms with E-state index in [1.807, 2.05) is 30.0 Å². The Balaban J connectivity index is 1.87. The van der Waals surface area contributed by atoms with Crippen LogP contribution in [-0.2, 0) is 4.74 Å². The summed E-state index contributed by atoms with van der Waals surface area (Å²) in [5, 5.41) is 0. The lowest BCUT2D eigenvalue weighted by Gasteiger charge is -2.43. The van der Waals surface area contributed by atoms with Crippen LogP contribution in [0.25, 0.3) is 0 Å². The van der Waals surface area contributed by atoms with Gasteiger partial charge >= 0.3 is 0 Å². The molecule has 1 aromatic carbocycles. The normalized spacial score (nSPS) is 26.2. The fourth-order valence-electron chi connectivity index (χ4n) is 3.31. The predicted molar refractivity (Wildman–Crippen MR) is 81.9 cm³/mol. The lowest BCUT2D eigenvalue weighted by Crippen LogP contribution is -2.54. The zero-order valence-electron chi connectivity index (χ0n) is 11.8. The molecule has 1 aromatic rings. The molecule has 1 aliphatic carbocycles. The standard InChI is InChI=1S/C16H20BrNO2/c1-11-6-7-13(17)12(10-11)16(19)18-8-9-20-15-5-3-2-4-14(15)18/h6-7,10,14-15H,2-5,8-9H2,1H3. The van der Waals surface area contributed by atoms with Gasteiger partial charge in [0.05, 0.1) is 24.3 Å². The molecule has 2 fully saturated rings. The van der Waals surface area contributed by atoms with Crippen molar-refractivity contribution >= 4 is 21.8 Å². The minimum absolute atomic E-state index is 0.140. The number of hydrogen-bond acceptors (Lipinski definition) is 2. The van der Waals surface area contributed by atoms with Crippen LogP contribution < -0.4 is 0 Å². The minimum atomic E-state index is 0.140. The molecule has 0 radical (unpaired) electrons. The first-order chi connectivity index (χ1) is 9.66. The third-order valence-electron chi connectivity index (χ3n) is 4.35. The minimum Gasteiger partial charge on any atom is -0.374 e. The molecule has 1 saturated heterocycles. The predicted octanol–water partition coefficient (Wildman–Crippen LogP) is 3.54. The highest BCUT2D eigenvalue weighted by Crippen LogP contribution is 2.30. The lowest BCUT2D eigenvalue weighted by molar-refractivity contribution is -0.0753. The molecule has 2 unspecified atom stereocenters. The Morgan fingerprint density at radius 2 is 2.15 bits per heavy atom. The van der Waals surface area contributed by atoms with Gasteiger partial charge in [-0.25, -0.2) is 0 Å². The van der Waals surface area contributed by atoms with Gasteiger partial charge in [0.25, 0.3) is 5.91 Å². The summed E-state index contributed by atoms with van der Waals surface area (Å²) in [7, 11) is 0. The molecule has 3 rings (SSSR count). The molecule has 1 heterocycles. The maximum absolute atomic E-state index is 12.9. The van der Waals surface area contributed by atoms with Crippen LogP contribution in [0.2, 0.25) is 0 Å². The number of benzene rings is 1. The maximum atomic E-state index is 12.9. The molecular formula is C16H20BrNO2. The van der Waals surface area contributed by atoms with E-state index in [1.54, 1.807) is 0 Å². The van der Waals surface area contributed by atoms with Crippen LogP contribution in [0.3, 0.4) is 0 Å². The number of rotatable bonds is 1. The molecule has 0 bridgehead atoms. The quantitative estimate of drug-likeness (QED) is 0.784. The van der Waals surface area contributed by atoms with Gasteiger partial charge in [-0.2, -0.15) is 0 Å². The van der Waals surface area contributed by atoms with Crippen molar-refractivity contribution < 1.29 is 9.53 Å². The Morgan fingerprint density at radius 3 is 3.00 bits per heavy atom. The van der Waals surface area contributed by atoms with Crippen LogP contribution in [0.5, 0.6) is 0 Å². The van der Waals surface area contributed by atoms with Gasteiger partial charge in [0.15, 0.2) is 0 Å². The molecule has 0 N–H and O–H groups in total. The Bertz CT molecular complexity index is 515. The number of carbonyl (C=O) groups is 1. The molecule has 1 aliphatic heterocycles. The third kappa shape index (κ3) is 2.63. The smallest absolute Gasteiger partial charge is 0.255 e. The number of amides is 1. The highest BCUT2D eigenvalue weighted by molar-refractivity contribution is 9.10. The van der Waals surface area contributed by atoms with E-state index in [9.17, 15) is 4.79 Å². The Kier molecular flexibility index (Phi) is 4.13. The first-order valence-corrected chi connectivity index (χ1v) is 8.15. The second-order valence-corrected chi connectivity index (χ2v) is 6.60. The summed E-state index contributed by atoms with van der Waals surface area (Å²) in [4.78, 5) is 14.9. The fourth-order valence-corrected chi connectivity index (χ4v) is 3.72. The van der Waals surface area contributed by atoms with E-state index in [1.165, 1.54) is 12.8 Å². The second kappa shape index (κ2) is 5.86. The van der Waals surface area contributed by atoms with Gasteiger partial charge in [0.2, 0.25) is 0 Å². The van der Waals surface area contributed by atoms with Crippen molar-refractivity contribution in [2.75, 3.05) is 13.2 Å². The maximum Gasteiger partial charge on any atom is 0.255 e. The first kappa shape index (κ1) is 14.1. The average Bonchev–Trinajstić information content (AvgIpc) is 2.48. The highest BCUT2D eigenvalue weighted by Gasteiger charge is 2.37. The van der Waals surface area contributed by atoms with Gasteiger partial charge < -0.3 is 9.64 Å². The monoisotopic (exact) mass is 337 g/mol.